The molecule has 7 heteroatoms. The Morgan fingerprint density at radius 3 is 2.11 bits per heavy atom. The molecule has 1 atom stereocenters. The second-order valence-electron chi connectivity index (χ2n) is 4.10. The predicted octanol–water partition coefficient (Wildman–Crippen LogP) is 3.05. The predicted molar refractivity (Wildman–Crippen MR) is 58.4 cm³/mol. The highest BCUT2D eigenvalue weighted by Crippen LogP contribution is 2.27. The van der Waals surface area contributed by atoms with Gasteiger partial charge in [-0.25, -0.2) is 26.3 Å². The molecule has 2 rings (SSSR count). The molecule has 0 bridgehead atoms. The van der Waals surface area contributed by atoms with E-state index in [1.165, 1.54) is 0 Å². The molecule has 0 N–H and O–H groups in total. The minimum absolute atomic E-state index is 0.0180. The lowest BCUT2D eigenvalue weighted by molar-refractivity contribution is 0.315. The summed E-state index contributed by atoms with van der Waals surface area (Å²) in [4.78, 5) is 0. The van der Waals surface area contributed by atoms with Crippen molar-refractivity contribution >= 4 is 12.7 Å². The fraction of sp³-hybridized carbons (Fsp3) is 0.167. The molecule has 0 heterocycles. The lowest BCUT2D eigenvalue weighted by Gasteiger charge is -2.22. The van der Waals surface area contributed by atoms with Gasteiger partial charge in [0.1, 0.15) is 11.4 Å². The molecule has 0 aliphatic heterocycles. The Morgan fingerprint density at radius 1 is 1.00 bits per heavy atom. The van der Waals surface area contributed by atoms with Crippen LogP contribution in [0, 0.1) is 23.3 Å². The van der Waals surface area contributed by atoms with Gasteiger partial charge in [0.05, 0.1) is 0 Å². The van der Waals surface area contributed by atoms with Crippen LogP contribution in [0.4, 0.5) is 26.3 Å². The second-order valence-corrected chi connectivity index (χ2v) is 4.10. The minimum Gasteiger partial charge on any atom is -0.249 e. The van der Waals surface area contributed by atoms with E-state index in [1.807, 2.05) is 0 Å². The van der Waals surface area contributed by atoms with E-state index in [1.54, 1.807) is 0 Å². The lowest BCUT2D eigenvalue weighted by Crippen LogP contribution is -2.41. The van der Waals surface area contributed by atoms with Gasteiger partial charge in [0.15, 0.2) is 23.3 Å². The van der Waals surface area contributed by atoms with Gasteiger partial charge in [-0.1, -0.05) is 12.2 Å². The summed E-state index contributed by atoms with van der Waals surface area (Å²) >= 11 is 0. The van der Waals surface area contributed by atoms with E-state index in [0.29, 0.717) is 7.28 Å². The SMILES string of the molecule is FC1=CC=CC(F)([B]c2c(F)c(F)cc(F)c2F)C1. The van der Waals surface area contributed by atoms with Crippen molar-refractivity contribution in [2.45, 2.75) is 12.0 Å². The van der Waals surface area contributed by atoms with E-state index < -0.39 is 46.5 Å². The molecular formula is C12H6BF6. The molecule has 0 nitrogen and oxygen atoms in total. The standard InChI is InChI=1S/C12H6BF6/c14-6-2-1-3-12(19,5-6)13-9-10(17)7(15)4-8(16)11(9)18/h1-4H,5H2. The smallest absolute Gasteiger partial charge is 0.215 e. The van der Waals surface area contributed by atoms with Crippen LogP contribution < -0.4 is 5.46 Å². The molecule has 1 aliphatic rings. The largest absolute Gasteiger partial charge is 0.249 e. The van der Waals surface area contributed by atoms with Crippen LogP contribution in [-0.4, -0.2) is 12.8 Å². The summed E-state index contributed by atoms with van der Waals surface area (Å²) in [6.45, 7) is 0. The van der Waals surface area contributed by atoms with Gasteiger partial charge in [0.25, 0.3) is 0 Å². The van der Waals surface area contributed by atoms with Crippen molar-refractivity contribution in [3.8, 4) is 0 Å². The summed E-state index contributed by atoms with van der Waals surface area (Å²) in [5.41, 5.74) is -3.74. The lowest BCUT2D eigenvalue weighted by atomic mass is 9.54. The molecule has 19 heavy (non-hydrogen) atoms. The summed E-state index contributed by atoms with van der Waals surface area (Å²) in [6.07, 6.45) is 2.05. The normalized spacial score (nSPS) is 22.3. The first-order valence-corrected chi connectivity index (χ1v) is 5.24. The zero-order valence-electron chi connectivity index (χ0n) is 9.36. The second kappa shape index (κ2) is 4.79. The molecule has 1 aliphatic carbocycles. The third-order valence-electron chi connectivity index (χ3n) is 2.62. The number of benzene rings is 1. The van der Waals surface area contributed by atoms with Gasteiger partial charge < -0.3 is 0 Å². The van der Waals surface area contributed by atoms with E-state index >= 15 is 0 Å². The van der Waals surface area contributed by atoms with Gasteiger partial charge in [-0.05, 0) is 11.5 Å². The fourth-order valence-electron chi connectivity index (χ4n) is 1.75. The number of alkyl halides is 1. The maximum atomic E-state index is 14.1. The number of halogens is 6. The molecule has 0 saturated carbocycles. The fourth-order valence-corrected chi connectivity index (χ4v) is 1.75. The van der Waals surface area contributed by atoms with E-state index in [-0.39, 0.29) is 6.07 Å². The van der Waals surface area contributed by atoms with Gasteiger partial charge in [-0.15, -0.1) is 0 Å². The third-order valence-corrected chi connectivity index (χ3v) is 2.62. The molecule has 0 saturated heterocycles. The molecule has 0 amide bonds. The number of hydrogen-bond donors (Lipinski definition) is 0. The van der Waals surface area contributed by atoms with Crippen LogP contribution in [0.5, 0.6) is 0 Å². The molecule has 1 aromatic rings. The Morgan fingerprint density at radius 2 is 1.58 bits per heavy atom. The van der Waals surface area contributed by atoms with Crippen molar-refractivity contribution in [3.05, 3.63) is 53.4 Å². The molecule has 1 aromatic carbocycles. The van der Waals surface area contributed by atoms with Crippen molar-refractivity contribution in [1.82, 2.24) is 0 Å². The van der Waals surface area contributed by atoms with Crippen molar-refractivity contribution in [1.29, 1.82) is 0 Å². The van der Waals surface area contributed by atoms with Crippen LogP contribution in [0.25, 0.3) is 0 Å². The number of rotatable bonds is 2. The summed E-state index contributed by atoms with van der Waals surface area (Å²) < 4.78 is 79.7. The van der Waals surface area contributed by atoms with Crippen molar-refractivity contribution in [2.75, 3.05) is 0 Å². The first-order valence-electron chi connectivity index (χ1n) is 5.24. The van der Waals surface area contributed by atoms with Crippen LogP contribution >= 0.6 is 0 Å². The summed E-state index contributed by atoms with van der Waals surface area (Å²) in [5.74, 6) is -7.59. The molecule has 0 fully saturated rings. The van der Waals surface area contributed by atoms with Gasteiger partial charge in [-0.3, -0.25) is 0 Å². The average Bonchev–Trinajstić information content (AvgIpc) is 2.32. The quantitative estimate of drug-likeness (QED) is 0.442. The van der Waals surface area contributed by atoms with E-state index in [4.69, 9.17) is 0 Å². The van der Waals surface area contributed by atoms with Crippen LogP contribution in [0.15, 0.2) is 30.1 Å². The Labute approximate surface area is 105 Å². The molecular weight excluding hydrogens is 269 g/mol. The molecule has 0 aromatic heterocycles. The Hall–Kier alpha value is -1.66. The van der Waals surface area contributed by atoms with E-state index in [9.17, 15) is 26.3 Å². The Bertz CT molecular complexity index is 554. The highest BCUT2D eigenvalue weighted by molar-refractivity contribution is 6.57. The van der Waals surface area contributed by atoms with Crippen LogP contribution in [0.3, 0.4) is 0 Å². The zero-order valence-corrected chi connectivity index (χ0v) is 9.36. The average molecular weight is 275 g/mol. The zero-order chi connectivity index (χ0) is 14.2. The maximum absolute atomic E-state index is 14.1. The van der Waals surface area contributed by atoms with Crippen molar-refractivity contribution in [2.24, 2.45) is 0 Å². The third kappa shape index (κ3) is 2.69. The molecule has 1 unspecified atom stereocenters. The molecule has 99 valence electrons. The number of hydrogen-bond acceptors (Lipinski definition) is 0. The van der Waals surface area contributed by atoms with Crippen LogP contribution in [0.1, 0.15) is 6.42 Å². The number of allylic oxidation sites excluding steroid dienone is 4. The van der Waals surface area contributed by atoms with Crippen LogP contribution in [-0.2, 0) is 0 Å². The van der Waals surface area contributed by atoms with Crippen LogP contribution in [0.2, 0.25) is 0 Å². The monoisotopic (exact) mass is 275 g/mol. The first kappa shape index (κ1) is 13.8. The highest BCUT2D eigenvalue weighted by Gasteiger charge is 2.35. The summed E-state index contributed by atoms with van der Waals surface area (Å²) in [6, 6.07) is 0.0180. The summed E-state index contributed by atoms with van der Waals surface area (Å²) in [5, 5.41) is 0. The minimum atomic E-state index is -2.54. The Kier molecular flexibility index (Phi) is 3.47. The maximum Gasteiger partial charge on any atom is 0.215 e. The van der Waals surface area contributed by atoms with Gasteiger partial charge in [0.2, 0.25) is 7.28 Å². The van der Waals surface area contributed by atoms with E-state index in [2.05, 4.69) is 0 Å². The van der Waals surface area contributed by atoms with E-state index in [0.717, 1.165) is 18.2 Å². The van der Waals surface area contributed by atoms with Gasteiger partial charge in [-0.2, -0.15) is 0 Å². The topological polar surface area (TPSA) is 0 Å². The van der Waals surface area contributed by atoms with Crippen molar-refractivity contribution < 1.29 is 26.3 Å². The highest BCUT2D eigenvalue weighted by atomic mass is 19.2. The first-order chi connectivity index (χ1) is 8.82. The van der Waals surface area contributed by atoms with Gasteiger partial charge in [0, 0.05) is 12.5 Å². The Balaban J connectivity index is 2.39. The summed E-state index contributed by atoms with van der Waals surface area (Å²) in [7, 11) is 0.326. The molecule has 0 spiro atoms. The van der Waals surface area contributed by atoms with Crippen molar-refractivity contribution in [3.63, 3.8) is 0 Å². The molecule has 1 radical (unpaired) electrons. The van der Waals surface area contributed by atoms with Gasteiger partial charge >= 0.3 is 0 Å².